The maximum absolute atomic E-state index is 12.4. The van der Waals surface area contributed by atoms with Crippen LogP contribution in [0.3, 0.4) is 0 Å². The fraction of sp³-hybridized carbons (Fsp3) is 0.235. The summed E-state index contributed by atoms with van der Waals surface area (Å²) >= 11 is 3.27. The lowest BCUT2D eigenvalue weighted by molar-refractivity contribution is 0.0950. The molecule has 0 saturated carbocycles. The van der Waals surface area contributed by atoms with Gasteiger partial charge in [0.2, 0.25) is 10.0 Å². The monoisotopic (exact) mass is 410 g/mol. The Morgan fingerprint density at radius 2 is 1.88 bits per heavy atom. The lowest BCUT2D eigenvalue weighted by atomic mass is 9.96. The summed E-state index contributed by atoms with van der Waals surface area (Å²) in [5.74, 6) is -0.155. The molecule has 0 fully saturated rings. The van der Waals surface area contributed by atoms with E-state index in [-0.39, 0.29) is 22.3 Å². The highest BCUT2D eigenvalue weighted by Gasteiger charge is 2.17. The van der Waals surface area contributed by atoms with E-state index >= 15 is 0 Å². The highest BCUT2D eigenvalue weighted by atomic mass is 79.9. The third-order valence-electron chi connectivity index (χ3n) is 3.78. The van der Waals surface area contributed by atoms with Crippen LogP contribution < -0.4 is 10.5 Å². The minimum atomic E-state index is -3.86. The fourth-order valence-corrected chi connectivity index (χ4v) is 3.36. The van der Waals surface area contributed by atoms with Gasteiger partial charge in [-0.15, -0.1) is 0 Å². The van der Waals surface area contributed by atoms with Crippen LogP contribution in [-0.2, 0) is 10.0 Å². The lowest BCUT2D eigenvalue weighted by Crippen LogP contribution is -2.29. The number of nitrogens with one attached hydrogen (secondary N) is 1. The van der Waals surface area contributed by atoms with Gasteiger partial charge in [0.1, 0.15) is 0 Å². The molecule has 3 N–H and O–H groups in total. The van der Waals surface area contributed by atoms with Gasteiger partial charge in [-0.05, 0) is 46.1 Å². The van der Waals surface area contributed by atoms with Crippen molar-refractivity contribution in [3.05, 3.63) is 64.1 Å². The average Bonchev–Trinajstić information content (AvgIpc) is 2.55. The quantitative estimate of drug-likeness (QED) is 0.766. The topological polar surface area (TPSA) is 89.3 Å². The summed E-state index contributed by atoms with van der Waals surface area (Å²) in [6.07, 6.45) is 0.878. The van der Waals surface area contributed by atoms with Crippen LogP contribution in [0.2, 0.25) is 0 Å². The van der Waals surface area contributed by atoms with Crippen molar-refractivity contribution < 1.29 is 13.2 Å². The molecule has 0 saturated heterocycles. The third kappa shape index (κ3) is 4.66. The van der Waals surface area contributed by atoms with Gasteiger partial charge in [0.05, 0.1) is 10.5 Å². The van der Waals surface area contributed by atoms with E-state index in [0.717, 1.165) is 12.0 Å². The fourth-order valence-electron chi connectivity index (χ4n) is 2.39. The largest absolute Gasteiger partial charge is 0.351 e. The van der Waals surface area contributed by atoms with E-state index in [0.29, 0.717) is 11.0 Å². The number of nitrogens with two attached hydrogens (primary N) is 1. The molecule has 24 heavy (non-hydrogen) atoms. The Balaban J connectivity index is 2.15. The summed E-state index contributed by atoms with van der Waals surface area (Å²) in [4.78, 5) is 12.3. The summed E-state index contributed by atoms with van der Waals surface area (Å²) in [6.45, 7) is 2.52. The predicted octanol–water partition coefficient (Wildman–Crippen LogP) is 3.02. The number of benzene rings is 2. The second kappa shape index (κ2) is 7.92. The van der Waals surface area contributed by atoms with E-state index in [1.807, 2.05) is 30.3 Å². The summed E-state index contributed by atoms with van der Waals surface area (Å²) < 4.78 is 23.4. The molecule has 7 heteroatoms. The molecule has 0 bridgehead atoms. The molecule has 0 aliphatic carbocycles. The van der Waals surface area contributed by atoms with Gasteiger partial charge in [-0.25, -0.2) is 13.6 Å². The molecular formula is C17H19BrN2O3S. The highest BCUT2D eigenvalue weighted by Crippen LogP contribution is 2.22. The van der Waals surface area contributed by atoms with Crippen molar-refractivity contribution in [2.24, 2.45) is 5.14 Å². The van der Waals surface area contributed by atoms with Gasteiger partial charge in [-0.3, -0.25) is 4.79 Å². The normalized spacial score (nSPS) is 12.6. The van der Waals surface area contributed by atoms with Gasteiger partial charge in [-0.2, -0.15) is 0 Å². The van der Waals surface area contributed by atoms with Crippen LogP contribution in [-0.4, -0.2) is 20.9 Å². The van der Waals surface area contributed by atoms with E-state index in [1.54, 1.807) is 0 Å². The lowest BCUT2D eigenvalue weighted by Gasteiger charge is -2.16. The molecule has 2 rings (SSSR count). The van der Waals surface area contributed by atoms with Crippen LogP contribution in [0.15, 0.2) is 57.9 Å². The molecule has 0 aliphatic rings. The molecule has 1 amide bonds. The molecule has 0 heterocycles. The number of hydrogen-bond acceptors (Lipinski definition) is 3. The molecule has 2 aromatic rings. The molecule has 2 aromatic carbocycles. The summed E-state index contributed by atoms with van der Waals surface area (Å²) in [5.41, 5.74) is 1.39. The molecule has 0 aromatic heterocycles. The molecule has 0 unspecified atom stereocenters. The summed E-state index contributed by atoms with van der Waals surface area (Å²) in [7, 11) is -3.86. The zero-order chi connectivity index (χ0) is 17.7. The number of sulfonamides is 1. The van der Waals surface area contributed by atoms with E-state index < -0.39 is 10.0 Å². The Morgan fingerprint density at radius 3 is 2.46 bits per heavy atom. The Hall–Kier alpha value is -1.70. The molecular weight excluding hydrogens is 392 g/mol. The number of carbonyl (C=O) groups excluding carboxylic acids is 1. The predicted molar refractivity (Wildman–Crippen MR) is 97.3 cm³/mol. The highest BCUT2D eigenvalue weighted by molar-refractivity contribution is 9.10. The van der Waals surface area contributed by atoms with Crippen LogP contribution in [0.25, 0.3) is 0 Å². The molecule has 0 spiro atoms. The number of amides is 1. The first kappa shape index (κ1) is 18.6. The van der Waals surface area contributed by atoms with E-state index in [9.17, 15) is 13.2 Å². The maximum atomic E-state index is 12.4. The summed E-state index contributed by atoms with van der Waals surface area (Å²) in [6, 6.07) is 14.1. The summed E-state index contributed by atoms with van der Waals surface area (Å²) in [5, 5.41) is 7.98. The van der Waals surface area contributed by atoms with Crippen LogP contribution in [0.4, 0.5) is 0 Å². The van der Waals surface area contributed by atoms with E-state index in [1.165, 1.54) is 18.2 Å². The van der Waals surface area contributed by atoms with Crippen molar-refractivity contribution in [1.82, 2.24) is 5.32 Å². The first-order valence-electron chi connectivity index (χ1n) is 7.48. The SMILES string of the molecule is CC[C@H](CNC(=O)c1cc(S(N)(=O)=O)ccc1Br)c1ccccc1. The van der Waals surface area contributed by atoms with Crippen molar-refractivity contribution in [3.8, 4) is 0 Å². The van der Waals surface area contributed by atoms with Crippen molar-refractivity contribution in [2.75, 3.05) is 6.54 Å². The van der Waals surface area contributed by atoms with Gasteiger partial charge in [0.25, 0.3) is 5.91 Å². The Kier molecular flexibility index (Phi) is 6.15. The number of rotatable bonds is 6. The smallest absolute Gasteiger partial charge is 0.252 e. The van der Waals surface area contributed by atoms with Gasteiger partial charge < -0.3 is 5.32 Å². The third-order valence-corrected chi connectivity index (χ3v) is 5.39. The average molecular weight is 411 g/mol. The number of primary sulfonamides is 1. The second-order valence-electron chi connectivity index (χ2n) is 5.41. The van der Waals surface area contributed by atoms with Crippen molar-refractivity contribution in [3.63, 3.8) is 0 Å². The van der Waals surface area contributed by atoms with Crippen molar-refractivity contribution in [1.29, 1.82) is 0 Å². The molecule has 5 nitrogen and oxygen atoms in total. The molecule has 0 aliphatic heterocycles. The van der Waals surface area contributed by atoms with Crippen molar-refractivity contribution >= 4 is 31.9 Å². The van der Waals surface area contributed by atoms with Crippen LogP contribution >= 0.6 is 15.9 Å². The zero-order valence-corrected chi connectivity index (χ0v) is 15.6. The Bertz CT molecular complexity index is 823. The standard InChI is InChI=1S/C17H19BrN2O3S/c1-2-12(13-6-4-3-5-7-13)11-20-17(21)15-10-14(24(19,22)23)8-9-16(15)18/h3-10,12H,2,11H2,1H3,(H,20,21)(H2,19,22,23)/t12-/m1/s1. The second-order valence-corrected chi connectivity index (χ2v) is 7.83. The zero-order valence-electron chi connectivity index (χ0n) is 13.2. The van der Waals surface area contributed by atoms with Gasteiger partial charge in [0.15, 0.2) is 0 Å². The molecule has 128 valence electrons. The Morgan fingerprint density at radius 1 is 1.21 bits per heavy atom. The molecule has 1 atom stereocenters. The van der Waals surface area contributed by atoms with Gasteiger partial charge >= 0.3 is 0 Å². The molecule has 0 radical (unpaired) electrons. The first-order chi connectivity index (χ1) is 11.3. The van der Waals surface area contributed by atoms with Gasteiger partial charge in [0, 0.05) is 16.9 Å². The van der Waals surface area contributed by atoms with E-state index in [2.05, 4.69) is 28.2 Å². The van der Waals surface area contributed by atoms with Crippen LogP contribution in [0, 0.1) is 0 Å². The maximum Gasteiger partial charge on any atom is 0.252 e. The van der Waals surface area contributed by atoms with Crippen LogP contribution in [0.5, 0.6) is 0 Å². The Labute approximate surface area is 150 Å². The number of carbonyl (C=O) groups is 1. The van der Waals surface area contributed by atoms with Crippen molar-refractivity contribution in [2.45, 2.75) is 24.2 Å². The minimum absolute atomic E-state index is 0.0917. The number of halogens is 1. The van der Waals surface area contributed by atoms with Gasteiger partial charge in [-0.1, -0.05) is 37.3 Å². The first-order valence-corrected chi connectivity index (χ1v) is 9.82. The number of hydrogen-bond donors (Lipinski definition) is 2. The van der Waals surface area contributed by atoms with Crippen LogP contribution in [0.1, 0.15) is 35.2 Å². The minimum Gasteiger partial charge on any atom is -0.351 e. The van der Waals surface area contributed by atoms with E-state index in [4.69, 9.17) is 5.14 Å².